The molecule has 0 aromatic heterocycles. The fourth-order valence-corrected chi connectivity index (χ4v) is 2.23. The molecule has 0 aliphatic rings. The highest BCUT2D eigenvalue weighted by Crippen LogP contribution is 2.17. The lowest BCUT2D eigenvalue weighted by Crippen LogP contribution is -2.36. The Hall–Kier alpha value is -2.62. The molecule has 2 aromatic rings. The highest BCUT2D eigenvalue weighted by molar-refractivity contribution is 6.39. The molecule has 1 atom stereocenters. The maximum atomic E-state index is 12.0. The van der Waals surface area contributed by atoms with E-state index in [4.69, 9.17) is 0 Å². The first-order valence-electron chi connectivity index (χ1n) is 7.74. The van der Waals surface area contributed by atoms with E-state index in [9.17, 15) is 9.59 Å². The van der Waals surface area contributed by atoms with Crippen molar-refractivity contribution >= 4 is 17.5 Å². The standard InChI is InChI=1S/C19H22N2O2/c1-13(2)15-9-11-17(12-10-15)21-19(23)18(22)20-14(3)16-7-5-4-6-8-16/h4-14H,1-3H3,(H,20,22)(H,21,23)/t14-/m0/s1. The summed E-state index contributed by atoms with van der Waals surface area (Å²) in [6, 6.07) is 16.8. The van der Waals surface area contributed by atoms with Crippen molar-refractivity contribution in [3.8, 4) is 0 Å². The minimum Gasteiger partial charge on any atom is -0.341 e. The largest absolute Gasteiger partial charge is 0.341 e. The van der Waals surface area contributed by atoms with E-state index >= 15 is 0 Å². The molecule has 2 N–H and O–H groups in total. The molecule has 0 unspecified atom stereocenters. The average molecular weight is 310 g/mol. The van der Waals surface area contributed by atoms with Gasteiger partial charge in [0.1, 0.15) is 0 Å². The van der Waals surface area contributed by atoms with Crippen molar-refractivity contribution in [1.29, 1.82) is 0 Å². The molecule has 0 fully saturated rings. The zero-order valence-corrected chi connectivity index (χ0v) is 13.7. The monoisotopic (exact) mass is 310 g/mol. The van der Waals surface area contributed by atoms with Gasteiger partial charge in [0.2, 0.25) is 0 Å². The molecule has 120 valence electrons. The van der Waals surface area contributed by atoms with Gasteiger partial charge >= 0.3 is 11.8 Å². The SMILES string of the molecule is CC(C)c1ccc(NC(=O)C(=O)N[C@@H](C)c2ccccc2)cc1. The van der Waals surface area contributed by atoms with E-state index in [1.807, 2.05) is 49.4 Å². The molecule has 0 spiro atoms. The van der Waals surface area contributed by atoms with E-state index in [2.05, 4.69) is 24.5 Å². The Balaban J connectivity index is 1.93. The van der Waals surface area contributed by atoms with Crippen molar-refractivity contribution in [2.45, 2.75) is 32.7 Å². The van der Waals surface area contributed by atoms with Crippen LogP contribution in [0.15, 0.2) is 54.6 Å². The van der Waals surface area contributed by atoms with Crippen molar-refractivity contribution in [3.05, 3.63) is 65.7 Å². The normalized spacial score (nSPS) is 11.8. The van der Waals surface area contributed by atoms with Crippen LogP contribution in [0.25, 0.3) is 0 Å². The topological polar surface area (TPSA) is 58.2 Å². The van der Waals surface area contributed by atoms with Crippen molar-refractivity contribution in [3.63, 3.8) is 0 Å². The molecule has 2 amide bonds. The second-order valence-electron chi connectivity index (χ2n) is 5.84. The molecule has 4 nitrogen and oxygen atoms in total. The molecular weight excluding hydrogens is 288 g/mol. The number of rotatable bonds is 4. The third kappa shape index (κ3) is 4.68. The van der Waals surface area contributed by atoms with Crippen LogP contribution in [-0.2, 0) is 9.59 Å². The summed E-state index contributed by atoms with van der Waals surface area (Å²) >= 11 is 0. The average Bonchev–Trinajstić information content (AvgIpc) is 2.56. The van der Waals surface area contributed by atoms with Crippen LogP contribution in [-0.4, -0.2) is 11.8 Å². The number of carbonyl (C=O) groups excluding carboxylic acids is 2. The Kier molecular flexibility index (Phi) is 5.52. The number of hydrogen-bond acceptors (Lipinski definition) is 2. The Morgan fingerprint density at radius 1 is 0.783 bits per heavy atom. The molecular formula is C19H22N2O2. The molecule has 0 aliphatic carbocycles. The Bertz CT molecular complexity index is 664. The first-order chi connectivity index (χ1) is 11.0. The predicted octanol–water partition coefficient (Wildman–Crippen LogP) is 3.63. The van der Waals surface area contributed by atoms with Gasteiger partial charge < -0.3 is 10.6 Å². The van der Waals surface area contributed by atoms with Crippen molar-refractivity contribution in [2.75, 3.05) is 5.32 Å². The Morgan fingerprint density at radius 3 is 1.96 bits per heavy atom. The predicted molar refractivity (Wildman–Crippen MR) is 92.2 cm³/mol. The third-order valence-electron chi connectivity index (χ3n) is 3.69. The smallest absolute Gasteiger partial charge is 0.313 e. The highest BCUT2D eigenvalue weighted by atomic mass is 16.2. The van der Waals surface area contributed by atoms with Crippen LogP contribution in [0.5, 0.6) is 0 Å². The Labute approximate surface area is 136 Å². The number of nitrogens with one attached hydrogen (secondary N) is 2. The van der Waals surface area contributed by atoms with E-state index in [-0.39, 0.29) is 6.04 Å². The first kappa shape index (κ1) is 16.7. The highest BCUT2D eigenvalue weighted by Gasteiger charge is 2.17. The second-order valence-corrected chi connectivity index (χ2v) is 5.84. The fourth-order valence-electron chi connectivity index (χ4n) is 2.23. The fraction of sp³-hybridized carbons (Fsp3) is 0.263. The van der Waals surface area contributed by atoms with E-state index < -0.39 is 11.8 Å². The van der Waals surface area contributed by atoms with Crippen molar-refractivity contribution in [1.82, 2.24) is 5.32 Å². The van der Waals surface area contributed by atoms with Crippen LogP contribution in [0.3, 0.4) is 0 Å². The molecule has 0 aliphatic heterocycles. The summed E-state index contributed by atoms with van der Waals surface area (Å²) in [5.41, 5.74) is 2.75. The lowest BCUT2D eigenvalue weighted by molar-refractivity contribution is -0.136. The van der Waals surface area contributed by atoms with Gasteiger partial charge in [0.05, 0.1) is 6.04 Å². The summed E-state index contributed by atoms with van der Waals surface area (Å²) < 4.78 is 0. The minimum absolute atomic E-state index is 0.224. The van der Waals surface area contributed by atoms with Crippen LogP contribution in [0.4, 0.5) is 5.69 Å². The van der Waals surface area contributed by atoms with Crippen LogP contribution in [0, 0.1) is 0 Å². The molecule has 0 radical (unpaired) electrons. The van der Waals surface area contributed by atoms with E-state index in [1.54, 1.807) is 12.1 Å². The van der Waals surface area contributed by atoms with Crippen LogP contribution >= 0.6 is 0 Å². The van der Waals surface area contributed by atoms with Gasteiger partial charge in [0.25, 0.3) is 0 Å². The first-order valence-corrected chi connectivity index (χ1v) is 7.74. The number of anilines is 1. The number of hydrogen-bond donors (Lipinski definition) is 2. The van der Waals surface area contributed by atoms with Gasteiger partial charge in [0.15, 0.2) is 0 Å². The van der Waals surface area contributed by atoms with Crippen molar-refractivity contribution < 1.29 is 9.59 Å². The molecule has 23 heavy (non-hydrogen) atoms. The minimum atomic E-state index is -0.662. The number of carbonyl (C=O) groups is 2. The quantitative estimate of drug-likeness (QED) is 0.847. The van der Waals surface area contributed by atoms with Gasteiger partial charge in [0, 0.05) is 5.69 Å². The van der Waals surface area contributed by atoms with E-state index in [1.165, 1.54) is 5.56 Å². The molecule has 0 heterocycles. The summed E-state index contributed by atoms with van der Waals surface area (Å²) in [6.07, 6.45) is 0. The second kappa shape index (κ2) is 7.58. The van der Waals surface area contributed by atoms with Gasteiger partial charge in [-0.05, 0) is 36.1 Å². The number of amides is 2. The summed E-state index contributed by atoms with van der Waals surface area (Å²) in [4.78, 5) is 24.0. The molecule has 0 bridgehead atoms. The Morgan fingerprint density at radius 2 is 1.39 bits per heavy atom. The summed E-state index contributed by atoms with van der Waals surface area (Å²) in [6.45, 7) is 6.05. The molecule has 4 heteroatoms. The lowest BCUT2D eigenvalue weighted by Gasteiger charge is -2.14. The van der Waals surface area contributed by atoms with Gasteiger partial charge in [-0.2, -0.15) is 0 Å². The van der Waals surface area contributed by atoms with E-state index in [0.29, 0.717) is 11.6 Å². The maximum absolute atomic E-state index is 12.0. The zero-order valence-electron chi connectivity index (χ0n) is 13.7. The van der Waals surface area contributed by atoms with E-state index in [0.717, 1.165) is 5.56 Å². The van der Waals surface area contributed by atoms with Gasteiger partial charge in [-0.3, -0.25) is 9.59 Å². The lowest BCUT2D eigenvalue weighted by atomic mass is 10.0. The van der Waals surface area contributed by atoms with Crippen LogP contribution < -0.4 is 10.6 Å². The molecule has 0 saturated heterocycles. The van der Waals surface area contributed by atoms with Gasteiger partial charge in [-0.1, -0.05) is 56.3 Å². The van der Waals surface area contributed by atoms with Crippen molar-refractivity contribution in [2.24, 2.45) is 0 Å². The number of benzene rings is 2. The summed E-state index contributed by atoms with van der Waals surface area (Å²) in [5.74, 6) is -0.880. The zero-order chi connectivity index (χ0) is 16.8. The third-order valence-corrected chi connectivity index (χ3v) is 3.69. The molecule has 2 aromatic carbocycles. The van der Waals surface area contributed by atoms with Gasteiger partial charge in [-0.15, -0.1) is 0 Å². The summed E-state index contributed by atoms with van der Waals surface area (Å²) in [5, 5.41) is 5.31. The maximum Gasteiger partial charge on any atom is 0.313 e. The molecule has 2 rings (SSSR count). The summed E-state index contributed by atoms with van der Waals surface area (Å²) in [7, 11) is 0. The van der Waals surface area contributed by atoms with Crippen LogP contribution in [0.2, 0.25) is 0 Å². The van der Waals surface area contributed by atoms with Gasteiger partial charge in [-0.25, -0.2) is 0 Å². The molecule has 0 saturated carbocycles. The van der Waals surface area contributed by atoms with Crippen LogP contribution in [0.1, 0.15) is 43.9 Å².